The summed E-state index contributed by atoms with van der Waals surface area (Å²) in [4.78, 5) is 3.91. The molecule has 126 valence electrons. The molecule has 0 fully saturated rings. The SMILES string of the molecule is COCC(C)NC(N)=NCc1c(F)cccc1OC(F)F.I. The first-order valence-electron chi connectivity index (χ1n) is 6.21. The first kappa shape index (κ1) is 20.8. The minimum atomic E-state index is -3.04. The van der Waals surface area contributed by atoms with E-state index in [4.69, 9.17) is 10.5 Å². The van der Waals surface area contributed by atoms with Crippen LogP contribution in [0.25, 0.3) is 0 Å². The molecule has 0 heterocycles. The Morgan fingerprint density at radius 2 is 2.09 bits per heavy atom. The van der Waals surface area contributed by atoms with E-state index in [9.17, 15) is 13.2 Å². The molecule has 1 unspecified atom stereocenters. The number of ether oxygens (including phenoxy) is 2. The maximum atomic E-state index is 13.7. The predicted octanol–water partition coefficient (Wildman–Crippen LogP) is 2.48. The first-order chi connectivity index (χ1) is 9.93. The fourth-order valence-corrected chi connectivity index (χ4v) is 1.65. The number of nitrogens with two attached hydrogens (primary N) is 1. The van der Waals surface area contributed by atoms with E-state index in [1.165, 1.54) is 12.1 Å². The molecule has 0 saturated heterocycles. The molecule has 0 amide bonds. The van der Waals surface area contributed by atoms with Crippen LogP contribution >= 0.6 is 24.0 Å². The average molecular weight is 433 g/mol. The third kappa shape index (κ3) is 7.16. The minimum Gasteiger partial charge on any atom is -0.434 e. The third-order valence-corrected chi connectivity index (χ3v) is 2.51. The van der Waals surface area contributed by atoms with E-state index in [1.54, 1.807) is 7.11 Å². The molecule has 0 aromatic heterocycles. The zero-order chi connectivity index (χ0) is 15.8. The summed E-state index contributed by atoms with van der Waals surface area (Å²) < 4.78 is 47.3. The van der Waals surface area contributed by atoms with E-state index in [2.05, 4.69) is 15.0 Å². The highest BCUT2D eigenvalue weighted by Gasteiger charge is 2.13. The third-order valence-electron chi connectivity index (χ3n) is 2.51. The Hall–Kier alpha value is -1.23. The molecule has 0 saturated carbocycles. The second-order valence-electron chi connectivity index (χ2n) is 4.30. The van der Waals surface area contributed by atoms with Gasteiger partial charge in [0.05, 0.1) is 18.7 Å². The van der Waals surface area contributed by atoms with Crippen molar-refractivity contribution >= 4 is 29.9 Å². The summed E-state index contributed by atoms with van der Waals surface area (Å²) in [6.07, 6.45) is 0. The highest BCUT2D eigenvalue weighted by molar-refractivity contribution is 14.0. The summed E-state index contributed by atoms with van der Waals surface area (Å²) in [5.74, 6) is -0.882. The number of hydrogen-bond donors (Lipinski definition) is 2. The van der Waals surface area contributed by atoms with E-state index >= 15 is 0 Å². The topological polar surface area (TPSA) is 68.9 Å². The van der Waals surface area contributed by atoms with Gasteiger partial charge < -0.3 is 20.5 Å². The van der Waals surface area contributed by atoms with Gasteiger partial charge in [0.1, 0.15) is 11.6 Å². The number of halogens is 4. The second kappa shape index (κ2) is 10.5. The first-order valence-corrected chi connectivity index (χ1v) is 6.21. The molecule has 0 spiro atoms. The summed E-state index contributed by atoms with van der Waals surface area (Å²) >= 11 is 0. The van der Waals surface area contributed by atoms with Gasteiger partial charge in [0.15, 0.2) is 5.96 Å². The number of methoxy groups -OCH3 is 1. The summed E-state index contributed by atoms with van der Waals surface area (Å²) in [7, 11) is 1.54. The van der Waals surface area contributed by atoms with Gasteiger partial charge in [-0.2, -0.15) is 8.78 Å². The largest absolute Gasteiger partial charge is 0.434 e. The Bertz CT molecular complexity index is 490. The lowest BCUT2D eigenvalue weighted by molar-refractivity contribution is -0.0506. The predicted molar refractivity (Wildman–Crippen MR) is 88.2 cm³/mol. The fraction of sp³-hybridized carbons (Fsp3) is 0.462. The Labute approximate surface area is 144 Å². The van der Waals surface area contributed by atoms with Crippen LogP contribution in [0.3, 0.4) is 0 Å². The average Bonchev–Trinajstić information content (AvgIpc) is 2.37. The van der Waals surface area contributed by atoms with Crippen LogP contribution in [0.2, 0.25) is 0 Å². The lowest BCUT2D eigenvalue weighted by atomic mass is 10.2. The molecule has 0 aliphatic rings. The second-order valence-corrected chi connectivity index (χ2v) is 4.30. The summed E-state index contributed by atoms with van der Waals surface area (Å²) in [5.41, 5.74) is 5.54. The minimum absolute atomic E-state index is 0. The van der Waals surface area contributed by atoms with Gasteiger partial charge in [0, 0.05) is 13.2 Å². The molecule has 1 aromatic carbocycles. The van der Waals surface area contributed by atoms with Gasteiger partial charge in [0.25, 0.3) is 0 Å². The Morgan fingerprint density at radius 1 is 1.41 bits per heavy atom. The number of hydrogen-bond acceptors (Lipinski definition) is 3. The monoisotopic (exact) mass is 433 g/mol. The molecule has 0 aliphatic carbocycles. The van der Waals surface area contributed by atoms with E-state index in [-0.39, 0.29) is 53.8 Å². The lowest BCUT2D eigenvalue weighted by Gasteiger charge is -2.14. The van der Waals surface area contributed by atoms with Gasteiger partial charge in [-0.1, -0.05) is 6.07 Å². The maximum absolute atomic E-state index is 13.7. The molecule has 3 N–H and O–H groups in total. The van der Waals surface area contributed by atoms with Crippen molar-refractivity contribution < 1.29 is 22.6 Å². The van der Waals surface area contributed by atoms with Crippen LogP contribution in [0.1, 0.15) is 12.5 Å². The normalized spacial score (nSPS) is 12.7. The number of nitrogens with one attached hydrogen (secondary N) is 1. The van der Waals surface area contributed by atoms with Crippen LogP contribution in [0.5, 0.6) is 5.75 Å². The molecule has 0 radical (unpaired) electrons. The number of benzene rings is 1. The van der Waals surface area contributed by atoms with Crippen LogP contribution < -0.4 is 15.8 Å². The molecular weight excluding hydrogens is 414 g/mol. The van der Waals surface area contributed by atoms with Crippen LogP contribution in [-0.2, 0) is 11.3 Å². The van der Waals surface area contributed by atoms with Crippen molar-refractivity contribution in [3.05, 3.63) is 29.6 Å². The van der Waals surface area contributed by atoms with Crippen molar-refractivity contribution in [2.45, 2.75) is 26.1 Å². The molecular formula is C13H19F3IN3O2. The highest BCUT2D eigenvalue weighted by atomic mass is 127. The Balaban J connectivity index is 0.00000441. The molecule has 9 heteroatoms. The van der Waals surface area contributed by atoms with Crippen LogP contribution in [0, 0.1) is 5.82 Å². The smallest absolute Gasteiger partial charge is 0.387 e. The molecule has 22 heavy (non-hydrogen) atoms. The summed E-state index contributed by atoms with van der Waals surface area (Å²) in [6, 6.07) is 3.58. The van der Waals surface area contributed by atoms with Gasteiger partial charge in [-0.25, -0.2) is 9.38 Å². The maximum Gasteiger partial charge on any atom is 0.387 e. The lowest BCUT2D eigenvalue weighted by Crippen LogP contribution is -2.40. The van der Waals surface area contributed by atoms with Gasteiger partial charge >= 0.3 is 6.61 Å². The van der Waals surface area contributed by atoms with Crippen LogP contribution in [-0.4, -0.2) is 32.3 Å². The molecule has 5 nitrogen and oxygen atoms in total. The number of alkyl halides is 2. The van der Waals surface area contributed by atoms with Crippen LogP contribution in [0.4, 0.5) is 13.2 Å². The van der Waals surface area contributed by atoms with Crippen LogP contribution in [0.15, 0.2) is 23.2 Å². The number of nitrogens with zero attached hydrogens (tertiary/aromatic N) is 1. The molecule has 0 bridgehead atoms. The van der Waals surface area contributed by atoms with Gasteiger partial charge in [-0.3, -0.25) is 0 Å². The van der Waals surface area contributed by atoms with Crippen molar-refractivity contribution in [3.8, 4) is 5.75 Å². The fourth-order valence-electron chi connectivity index (χ4n) is 1.65. The van der Waals surface area contributed by atoms with Crippen molar-refractivity contribution in [2.75, 3.05) is 13.7 Å². The van der Waals surface area contributed by atoms with Gasteiger partial charge in [-0.05, 0) is 19.1 Å². The molecule has 1 atom stereocenters. The zero-order valence-electron chi connectivity index (χ0n) is 12.2. The molecule has 1 rings (SSSR count). The van der Waals surface area contributed by atoms with E-state index in [0.29, 0.717) is 6.61 Å². The highest BCUT2D eigenvalue weighted by Crippen LogP contribution is 2.24. The zero-order valence-corrected chi connectivity index (χ0v) is 14.5. The van der Waals surface area contributed by atoms with Gasteiger partial charge in [0.2, 0.25) is 0 Å². The summed E-state index contributed by atoms with van der Waals surface area (Å²) in [6.45, 7) is -1.02. The van der Waals surface area contributed by atoms with Crippen molar-refractivity contribution in [3.63, 3.8) is 0 Å². The van der Waals surface area contributed by atoms with Gasteiger partial charge in [-0.15, -0.1) is 24.0 Å². The molecule has 1 aromatic rings. The Kier molecular flexibility index (Phi) is 9.90. The number of rotatable bonds is 7. The summed E-state index contributed by atoms with van der Waals surface area (Å²) in [5, 5.41) is 2.82. The standard InChI is InChI=1S/C13H18F3N3O2.HI/c1-8(7-20-2)19-13(17)18-6-9-10(14)4-3-5-11(9)21-12(15)16;/h3-5,8,12H,6-7H2,1-2H3,(H3,17,18,19);1H. The van der Waals surface area contributed by atoms with Crippen molar-refractivity contribution in [1.29, 1.82) is 0 Å². The van der Waals surface area contributed by atoms with E-state index in [0.717, 1.165) is 6.07 Å². The van der Waals surface area contributed by atoms with E-state index in [1.807, 2.05) is 6.92 Å². The molecule has 0 aliphatic heterocycles. The van der Waals surface area contributed by atoms with Crippen molar-refractivity contribution in [2.24, 2.45) is 10.7 Å². The quantitative estimate of drug-likeness (QED) is 0.394. The number of guanidine groups is 1. The van der Waals surface area contributed by atoms with Crippen molar-refractivity contribution in [1.82, 2.24) is 5.32 Å². The Morgan fingerprint density at radius 3 is 2.68 bits per heavy atom. The van der Waals surface area contributed by atoms with E-state index < -0.39 is 12.4 Å². The number of aliphatic imine (C=N–C) groups is 1.